The van der Waals surface area contributed by atoms with Crippen LogP contribution in [0, 0.1) is 0 Å². The average molecular weight is 292 g/mol. The van der Waals surface area contributed by atoms with Gasteiger partial charge in [-0.15, -0.1) is 0 Å². The Morgan fingerprint density at radius 3 is 2.53 bits per heavy atom. The Morgan fingerprint density at radius 2 is 1.84 bits per heavy atom. The summed E-state index contributed by atoms with van der Waals surface area (Å²) in [5.74, 6) is 0. The highest BCUT2D eigenvalue weighted by Crippen LogP contribution is 2.25. The Balaban J connectivity index is 1.76. The molecule has 5 heteroatoms. The van der Waals surface area contributed by atoms with Crippen molar-refractivity contribution < 1.29 is 0 Å². The van der Waals surface area contributed by atoms with E-state index in [1.807, 2.05) is 30.3 Å². The lowest BCUT2D eigenvalue weighted by Crippen LogP contribution is -2.10. The third-order valence-electron chi connectivity index (χ3n) is 3.08. The zero-order chi connectivity index (χ0) is 13.2. The second kappa shape index (κ2) is 5.19. The molecule has 0 bridgehead atoms. The van der Waals surface area contributed by atoms with E-state index in [4.69, 9.17) is 23.2 Å². The number of aromatic nitrogens is 1. The van der Waals surface area contributed by atoms with Crippen molar-refractivity contribution in [1.29, 1.82) is 0 Å². The molecule has 0 spiro atoms. The highest BCUT2D eigenvalue weighted by Gasteiger charge is 2.21. The van der Waals surface area contributed by atoms with E-state index in [2.05, 4.69) is 15.5 Å². The summed E-state index contributed by atoms with van der Waals surface area (Å²) in [7, 11) is 0. The van der Waals surface area contributed by atoms with Gasteiger partial charge in [-0.25, -0.2) is 4.98 Å². The Kier molecular flexibility index (Phi) is 3.40. The summed E-state index contributed by atoms with van der Waals surface area (Å²) in [5, 5.41) is 5.61. The van der Waals surface area contributed by atoms with E-state index in [0.29, 0.717) is 5.15 Å². The maximum atomic E-state index is 5.88. The number of rotatable bonds is 2. The summed E-state index contributed by atoms with van der Waals surface area (Å²) in [6.07, 6.45) is 2.60. The van der Waals surface area contributed by atoms with Crippen LogP contribution in [-0.2, 0) is 0 Å². The van der Waals surface area contributed by atoms with Crippen LogP contribution in [0.3, 0.4) is 0 Å². The minimum atomic E-state index is 0.149. The van der Waals surface area contributed by atoms with Crippen LogP contribution in [0.2, 0.25) is 10.2 Å². The van der Waals surface area contributed by atoms with Crippen molar-refractivity contribution in [3.8, 4) is 0 Å². The van der Waals surface area contributed by atoms with Crippen molar-refractivity contribution in [3.05, 3.63) is 63.9 Å². The van der Waals surface area contributed by atoms with Crippen molar-refractivity contribution in [2.45, 2.75) is 12.5 Å². The number of halogens is 2. The summed E-state index contributed by atoms with van der Waals surface area (Å²) in [4.78, 5) is 4.09. The lowest BCUT2D eigenvalue weighted by molar-refractivity contribution is 0.618. The zero-order valence-electron chi connectivity index (χ0n) is 9.98. The van der Waals surface area contributed by atoms with Crippen LogP contribution in [0.5, 0.6) is 0 Å². The monoisotopic (exact) mass is 291 g/mol. The number of hydrogen-bond donors (Lipinski definition) is 1. The maximum Gasteiger partial charge on any atom is 0.129 e. The first-order valence-corrected chi connectivity index (χ1v) is 6.67. The van der Waals surface area contributed by atoms with Crippen LogP contribution in [0.15, 0.2) is 47.7 Å². The summed E-state index contributed by atoms with van der Waals surface area (Å²) >= 11 is 11.7. The van der Waals surface area contributed by atoms with Gasteiger partial charge in [0.1, 0.15) is 5.15 Å². The largest absolute Gasteiger partial charge is 0.302 e. The zero-order valence-corrected chi connectivity index (χ0v) is 11.5. The van der Waals surface area contributed by atoms with E-state index in [-0.39, 0.29) is 6.04 Å². The first-order valence-electron chi connectivity index (χ1n) is 5.92. The predicted octanol–water partition coefficient (Wildman–Crippen LogP) is 3.83. The van der Waals surface area contributed by atoms with Gasteiger partial charge in [0, 0.05) is 17.6 Å². The molecule has 0 radical (unpaired) electrons. The molecule has 1 aromatic carbocycles. The van der Waals surface area contributed by atoms with Crippen LogP contribution in [0.1, 0.15) is 23.6 Å². The number of nitrogens with zero attached hydrogens (tertiary/aromatic N) is 2. The number of hydrazone groups is 1. The standard InChI is InChI=1S/C14H11Cl2N3/c15-11-4-1-9(2-5-11)12-7-13(19-18-12)10-3-6-14(16)17-8-10/h1-6,8,13,19H,7H2. The van der Waals surface area contributed by atoms with Gasteiger partial charge in [0.2, 0.25) is 0 Å². The molecule has 1 aliphatic heterocycles. The number of hydrogen-bond acceptors (Lipinski definition) is 3. The molecule has 1 unspecified atom stereocenters. The van der Waals surface area contributed by atoms with E-state index < -0.39 is 0 Å². The van der Waals surface area contributed by atoms with E-state index in [1.54, 1.807) is 12.3 Å². The smallest absolute Gasteiger partial charge is 0.129 e. The summed E-state index contributed by atoms with van der Waals surface area (Å²) < 4.78 is 0. The third-order valence-corrected chi connectivity index (χ3v) is 3.56. The predicted molar refractivity (Wildman–Crippen MR) is 77.7 cm³/mol. The summed E-state index contributed by atoms with van der Waals surface area (Å²) in [5.41, 5.74) is 6.32. The molecule has 0 saturated carbocycles. The molecule has 0 aliphatic carbocycles. The quantitative estimate of drug-likeness (QED) is 0.854. The Morgan fingerprint density at radius 1 is 1.05 bits per heavy atom. The second-order valence-corrected chi connectivity index (χ2v) is 5.19. The topological polar surface area (TPSA) is 37.3 Å². The van der Waals surface area contributed by atoms with E-state index in [1.165, 1.54) is 0 Å². The van der Waals surface area contributed by atoms with Crippen LogP contribution in [-0.4, -0.2) is 10.7 Å². The Labute approximate surface area is 121 Å². The fraction of sp³-hybridized carbons (Fsp3) is 0.143. The first kappa shape index (κ1) is 12.5. The Hall–Kier alpha value is -1.58. The van der Waals surface area contributed by atoms with E-state index >= 15 is 0 Å². The van der Waals surface area contributed by atoms with Crippen molar-refractivity contribution in [3.63, 3.8) is 0 Å². The SMILES string of the molecule is Clc1ccc(C2=NNC(c3ccc(Cl)nc3)C2)cc1. The van der Waals surface area contributed by atoms with Crippen molar-refractivity contribution in [2.75, 3.05) is 0 Å². The molecule has 3 rings (SSSR count). The first-order chi connectivity index (χ1) is 9.22. The molecule has 0 amide bonds. The maximum absolute atomic E-state index is 5.88. The van der Waals surface area contributed by atoms with Gasteiger partial charge in [-0.2, -0.15) is 5.10 Å². The lowest BCUT2D eigenvalue weighted by Gasteiger charge is -2.09. The molecule has 1 aliphatic rings. The molecule has 19 heavy (non-hydrogen) atoms. The van der Waals surface area contributed by atoms with Crippen LogP contribution < -0.4 is 5.43 Å². The van der Waals surface area contributed by atoms with Crippen molar-refractivity contribution >= 4 is 28.9 Å². The highest BCUT2D eigenvalue weighted by atomic mass is 35.5. The summed E-state index contributed by atoms with van der Waals surface area (Å²) in [6, 6.07) is 11.6. The average Bonchev–Trinajstić information content (AvgIpc) is 2.90. The van der Waals surface area contributed by atoms with Gasteiger partial charge in [0.25, 0.3) is 0 Å². The van der Waals surface area contributed by atoms with Gasteiger partial charge < -0.3 is 5.43 Å². The molecule has 1 N–H and O–H groups in total. The molecular formula is C14H11Cl2N3. The van der Waals surface area contributed by atoms with Gasteiger partial charge in [-0.05, 0) is 29.3 Å². The molecule has 0 saturated heterocycles. The van der Waals surface area contributed by atoms with E-state index in [9.17, 15) is 0 Å². The van der Waals surface area contributed by atoms with Crippen LogP contribution in [0.4, 0.5) is 0 Å². The number of nitrogens with one attached hydrogen (secondary N) is 1. The van der Waals surface area contributed by atoms with Crippen LogP contribution in [0.25, 0.3) is 0 Å². The van der Waals surface area contributed by atoms with Crippen molar-refractivity contribution in [2.24, 2.45) is 5.10 Å². The lowest BCUT2D eigenvalue weighted by atomic mass is 10.0. The van der Waals surface area contributed by atoms with Gasteiger partial charge in [-0.1, -0.05) is 41.4 Å². The normalized spacial score (nSPS) is 18.0. The van der Waals surface area contributed by atoms with E-state index in [0.717, 1.165) is 28.3 Å². The third kappa shape index (κ3) is 2.72. The molecule has 1 aromatic heterocycles. The van der Waals surface area contributed by atoms with Crippen molar-refractivity contribution in [1.82, 2.24) is 10.4 Å². The second-order valence-electron chi connectivity index (χ2n) is 4.37. The number of benzene rings is 1. The highest BCUT2D eigenvalue weighted by molar-refractivity contribution is 6.30. The minimum absolute atomic E-state index is 0.149. The molecule has 1 atom stereocenters. The molecule has 3 nitrogen and oxygen atoms in total. The molecular weight excluding hydrogens is 281 g/mol. The fourth-order valence-corrected chi connectivity index (χ4v) is 2.29. The minimum Gasteiger partial charge on any atom is -0.302 e. The van der Waals surface area contributed by atoms with Gasteiger partial charge in [-0.3, -0.25) is 0 Å². The molecule has 96 valence electrons. The van der Waals surface area contributed by atoms with Gasteiger partial charge in [0.15, 0.2) is 0 Å². The Bertz CT molecular complexity index is 606. The fourth-order valence-electron chi connectivity index (χ4n) is 2.05. The summed E-state index contributed by atoms with van der Waals surface area (Å²) in [6.45, 7) is 0. The molecule has 2 aromatic rings. The van der Waals surface area contributed by atoms with Crippen LogP contribution >= 0.6 is 23.2 Å². The molecule has 2 heterocycles. The number of pyridine rings is 1. The van der Waals surface area contributed by atoms with Gasteiger partial charge in [0.05, 0.1) is 11.8 Å². The molecule has 0 fully saturated rings. The van der Waals surface area contributed by atoms with Gasteiger partial charge >= 0.3 is 0 Å².